The van der Waals surface area contributed by atoms with Gasteiger partial charge in [-0.1, -0.05) is 19.1 Å². The van der Waals surface area contributed by atoms with Gasteiger partial charge in [0.1, 0.15) is 0 Å². The fourth-order valence-electron chi connectivity index (χ4n) is 2.12. The molecule has 0 aromatic carbocycles. The van der Waals surface area contributed by atoms with Gasteiger partial charge in [-0.25, -0.2) is 0 Å². The summed E-state index contributed by atoms with van der Waals surface area (Å²) in [5.74, 6) is 0.167. The van der Waals surface area contributed by atoms with Crippen molar-refractivity contribution in [2.45, 2.75) is 45.1 Å². The molecule has 98 valence electrons. The van der Waals surface area contributed by atoms with Crippen LogP contribution in [-0.2, 0) is 9.53 Å². The Morgan fingerprint density at radius 3 is 2.94 bits per heavy atom. The van der Waals surface area contributed by atoms with Crippen LogP contribution in [0.25, 0.3) is 0 Å². The maximum Gasteiger partial charge on any atom is 0.225 e. The molecule has 0 bridgehead atoms. The quantitative estimate of drug-likeness (QED) is 0.535. The fourth-order valence-corrected chi connectivity index (χ4v) is 2.26. The van der Waals surface area contributed by atoms with Crippen LogP contribution in [-0.4, -0.2) is 30.2 Å². The first-order valence-electron chi connectivity index (χ1n) is 6.32. The highest BCUT2D eigenvalue weighted by atomic mass is 32.1. The predicted octanol–water partition coefficient (Wildman–Crippen LogP) is 1.37. The molecule has 0 saturated carbocycles. The lowest BCUT2D eigenvalue weighted by Crippen LogP contribution is -2.35. The Morgan fingerprint density at radius 1 is 1.53 bits per heavy atom. The Bertz CT molecular complexity index is 271. The lowest BCUT2D eigenvalue weighted by Gasteiger charge is -2.16. The minimum absolute atomic E-state index is 0.0376. The standard InChI is InChI=1S/C12H22N2O2S/c1-2-10-9(6-8-16-10)12(15)14-7-4-3-5-11(13)17/h9-10H,2-8H2,1H3,(H2,13,17)(H,14,15). The number of carbonyl (C=O) groups is 1. The summed E-state index contributed by atoms with van der Waals surface area (Å²) in [5, 5.41) is 2.96. The molecule has 1 amide bonds. The summed E-state index contributed by atoms with van der Waals surface area (Å²) >= 11 is 4.79. The molecular formula is C12H22N2O2S. The summed E-state index contributed by atoms with van der Waals surface area (Å²) < 4.78 is 5.50. The van der Waals surface area contributed by atoms with E-state index >= 15 is 0 Å². The SMILES string of the molecule is CCC1OCCC1C(=O)NCCCCC(N)=S. The first kappa shape index (κ1) is 14.4. The van der Waals surface area contributed by atoms with Gasteiger partial charge in [-0.15, -0.1) is 0 Å². The molecule has 5 heteroatoms. The van der Waals surface area contributed by atoms with Crippen molar-refractivity contribution in [3.05, 3.63) is 0 Å². The number of thiocarbonyl (C=S) groups is 1. The molecule has 1 aliphatic heterocycles. The van der Waals surface area contributed by atoms with E-state index in [4.69, 9.17) is 22.7 Å². The molecule has 4 nitrogen and oxygen atoms in total. The van der Waals surface area contributed by atoms with E-state index in [1.807, 2.05) is 0 Å². The Labute approximate surface area is 108 Å². The third-order valence-corrected chi connectivity index (χ3v) is 3.30. The van der Waals surface area contributed by atoms with Gasteiger partial charge in [0.15, 0.2) is 0 Å². The number of hydrogen-bond acceptors (Lipinski definition) is 3. The zero-order valence-corrected chi connectivity index (χ0v) is 11.2. The molecule has 0 radical (unpaired) electrons. The maximum atomic E-state index is 11.9. The molecule has 1 aliphatic rings. The Morgan fingerprint density at radius 2 is 2.29 bits per heavy atom. The number of amides is 1. The number of unbranched alkanes of at least 4 members (excludes halogenated alkanes) is 1. The van der Waals surface area contributed by atoms with Gasteiger partial charge >= 0.3 is 0 Å². The summed E-state index contributed by atoms with van der Waals surface area (Å²) in [7, 11) is 0. The molecule has 1 saturated heterocycles. The number of nitrogens with one attached hydrogen (secondary N) is 1. The number of nitrogens with two attached hydrogens (primary N) is 1. The van der Waals surface area contributed by atoms with Crippen molar-refractivity contribution >= 4 is 23.1 Å². The normalized spacial score (nSPS) is 23.6. The molecule has 2 unspecified atom stereocenters. The maximum absolute atomic E-state index is 11.9. The van der Waals surface area contributed by atoms with Crippen molar-refractivity contribution in [3.63, 3.8) is 0 Å². The van der Waals surface area contributed by atoms with E-state index in [0.29, 0.717) is 18.1 Å². The monoisotopic (exact) mass is 258 g/mol. The van der Waals surface area contributed by atoms with Gasteiger partial charge in [-0.3, -0.25) is 4.79 Å². The summed E-state index contributed by atoms with van der Waals surface area (Å²) in [6, 6.07) is 0. The first-order chi connectivity index (χ1) is 8.15. The highest BCUT2D eigenvalue weighted by molar-refractivity contribution is 7.80. The number of carbonyl (C=O) groups excluding carboxylic acids is 1. The Kier molecular flexibility index (Phi) is 6.44. The molecule has 0 aromatic heterocycles. The molecular weight excluding hydrogens is 236 g/mol. The smallest absolute Gasteiger partial charge is 0.225 e. The lowest BCUT2D eigenvalue weighted by atomic mass is 9.99. The van der Waals surface area contributed by atoms with Gasteiger partial charge in [-0.2, -0.15) is 0 Å². The highest BCUT2D eigenvalue weighted by Gasteiger charge is 2.32. The average molecular weight is 258 g/mol. The van der Waals surface area contributed by atoms with Crippen LogP contribution in [0.2, 0.25) is 0 Å². The van der Waals surface area contributed by atoms with E-state index in [1.165, 1.54) is 0 Å². The molecule has 2 atom stereocenters. The van der Waals surface area contributed by atoms with E-state index in [-0.39, 0.29) is 17.9 Å². The predicted molar refractivity (Wildman–Crippen MR) is 71.8 cm³/mol. The third-order valence-electron chi connectivity index (χ3n) is 3.10. The molecule has 1 heterocycles. The summed E-state index contributed by atoms with van der Waals surface area (Å²) in [6.07, 6.45) is 4.47. The topological polar surface area (TPSA) is 64.3 Å². The van der Waals surface area contributed by atoms with Gasteiger partial charge in [0.25, 0.3) is 0 Å². The second-order valence-electron chi connectivity index (χ2n) is 4.43. The van der Waals surface area contributed by atoms with Crippen LogP contribution in [0, 0.1) is 5.92 Å². The van der Waals surface area contributed by atoms with Gasteiger partial charge in [-0.05, 0) is 32.1 Å². The minimum Gasteiger partial charge on any atom is -0.393 e. The van der Waals surface area contributed by atoms with Crippen molar-refractivity contribution in [2.75, 3.05) is 13.2 Å². The van der Waals surface area contributed by atoms with Gasteiger partial charge in [0.2, 0.25) is 5.91 Å². The Balaban J connectivity index is 2.14. The van der Waals surface area contributed by atoms with Crippen molar-refractivity contribution in [3.8, 4) is 0 Å². The van der Waals surface area contributed by atoms with Crippen LogP contribution in [0.1, 0.15) is 39.0 Å². The van der Waals surface area contributed by atoms with Crippen molar-refractivity contribution in [1.29, 1.82) is 0 Å². The molecule has 0 aromatic rings. The lowest BCUT2D eigenvalue weighted by molar-refractivity contribution is -0.126. The fraction of sp³-hybridized carbons (Fsp3) is 0.833. The molecule has 17 heavy (non-hydrogen) atoms. The Hall–Kier alpha value is -0.680. The minimum atomic E-state index is 0.0376. The van der Waals surface area contributed by atoms with Crippen LogP contribution in [0.3, 0.4) is 0 Å². The van der Waals surface area contributed by atoms with Crippen LogP contribution in [0.15, 0.2) is 0 Å². The summed E-state index contributed by atoms with van der Waals surface area (Å²) in [5.41, 5.74) is 5.40. The average Bonchev–Trinajstić information content (AvgIpc) is 2.75. The second kappa shape index (κ2) is 7.61. The summed E-state index contributed by atoms with van der Waals surface area (Å²) in [6.45, 7) is 3.46. The van der Waals surface area contributed by atoms with Gasteiger partial charge in [0.05, 0.1) is 17.0 Å². The molecule has 0 spiro atoms. The van der Waals surface area contributed by atoms with Crippen molar-refractivity contribution in [1.82, 2.24) is 5.32 Å². The van der Waals surface area contributed by atoms with Crippen LogP contribution in [0.5, 0.6) is 0 Å². The summed E-state index contributed by atoms with van der Waals surface area (Å²) in [4.78, 5) is 12.4. The molecule has 0 aliphatic carbocycles. The number of ether oxygens (including phenoxy) is 1. The molecule has 1 rings (SSSR count). The van der Waals surface area contributed by atoms with E-state index < -0.39 is 0 Å². The number of rotatable bonds is 7. The van der Waals surface area contributed by atoms with Crippen LogP contribution >= 0.6 is 12.2 Å². The van der Waals surface area contributed by atoms with Crippen molar-refractivity contribution in [2.24, 2.45) is 11.7 Å². The van der Waals surface area contributed by atoms with Gasteiger partial charge in [0, 0.05) is 13.2 Å². The first-order valence-corrected chi connectivity index (χ1v) is 6.73. The highest BCUT2D eigenvalue weighted by Crippen LogP contribution is 2.23. The van der Waals surface area contributed by atoms with Crippen molar-refractivity contribution < 1.29 is 9.53 Å². The molecule has 3 N–H and O–H groups in total. The zero-order valence-electron chi connectivity index (χ0n) is 10.4. The zero-order chi connectivity index (χ0) is 12.7. The van der Waals surface area contributed by atoms with E-state index in [2.05, 4.69) is 12.2 Å². The van der Waals surface area contributed by atoms with Crippen LogP contribution in [0.4, 0.5) is 0 Å². The second-order valence-corrected chi connectivity index (χ2v) is 4.95. The molecule has 1 fully saturated rings. The van der Waals surface area contributed by atoms with E-state index in [0.717, 1.165) is 32.1 Å². The van der Waals surface area contributed by atoms with E-state index in [9.17, 15) is 4.79 Å². The van der Waals surface area contributed by atoms with Gasteiger partial charge < -0.3 is 15.8 Å². The van der Waals surface area contributed by atoms with Crippen LogP contribution < -0.4 is 11.1 Å². The van der Waals surface area contributed by atoms with E-state index in [1.54, 1.807) is 0 Å². The largest absolute Gasteiger partial charge is 0.393 e. The third kappa shape index (κ3) is 5.00. The number of hydrogen-bond donors (Lipinski definition) is 2.